The number of benzene rings is 1. The highest BCUT2D eigenvalue weighted by Gasteiger charge is 2.23. The standard InChI is InChI=1S/C18H21N3O4S/c22-17(23)10-26-18-20-19-16(21(18)13-4-2-1-3-5-13)9-12-6-7-14-15(8-12)25-11-24-14/h6-8,13H,1-5,9-11H2,(H,22,23)/p-1. The van der Waals surface area contributed by atoms with Crippen molar-refractivity contribution in [3.63, 3.8) is 0 Å². The first-order chi connectivity index (χ1) is 12.7. The van der Waals surface area contributed by atoms with E-state index in [4.69, 9.17) is 9.47 Å². The average Bonchev–Trinajstić information content (AvgIpc) is 3.27. The molecule has 0 N–H and O–H groups in total. The summed E-state index contributed by atoms with van der Waals surface area (Å²) in [7, 11) is 0. The van der Waals surface area contributed by atoms with Gasteiger partial charge in [-0.05, 0) is 30.5 Å². The summed E-state index contributed by atoms with van der Waals surface area (Å²) < 4.78 is 12.9. The Morgan fingerprint density at radius 2 is 2.00 bits per heavy atom. The molecule has 1 aromatic heterocycles. The molecule has 0 saturated heterocycles. The quantitative estimate of drug-likeness (QED) is 0.714. The fourth-order valence-corrected chi connectivity index (χ4v) is 4.33. The van der Waals surface area contributed by atoms with Crippen molar-refractivity contribution in [3.05, 3.63) is 29.6 Å². The van der Waals surface area contributed by atoms with Gasteiger partial charge in [0.05, 0.1) is 5.97 Å². The highest BCUT2D eigenvalue weighted by molar-refractivity contribution is 7.99. The van der Waals surface area contributed by atoms with Crippen molar-refractivity contribution >= 4 is 17.7 Å². The third-order valence-electron chi connectivity index (χ3n) is 4.79. The van der Waals surface area contributed by atoms with Crippen LogP contribution in [-0.4, -0.2) is 33.3 Å². The average molecular weight is 374 g/mol. The van der Waals surface area contributed by atoms with E-state index in [0.29, 0.717) is 17.6 Å². The van der Waals surface area contributed by atoms with Crippen LogP contribution in [0.1, 0.15) is 49.5 Å². The van der Waals surface area contributed by atoms with E-state index in [1.165, 1.54) is 31.0 Å². The highest BCUT2D eigenvalue weighted by atomic mass is 32.2. The second kappa shape index (κ2) is 7.57. The molecule has 26 heavy (non-hydrogen) atoms. The summed E-state index contributed by atoms with van der Waals surface area (Å²) >= 11 is 1.18. The summed E-state index contributed by atoms with van der Waals surface area (Å²) in [5.41, 5.74) is 1.06. The Bertz CT molecular complexity index is 802. The molecule has 0 bridgehead atoms. The molecular formula is C18H20N3O4S-. The van der Waals surface area contributed by atoms with E-state index >= 15 is 0 Å². The van der Waals surface area contributed by atoms with Crippen LogP contribution in [0.5, 0.6) is 11.5 Å². The number of ether oxygens (including phenoxy) is 2. The normalized spacial score (nSPS) is 16.8. The molecule has 1 aliphatic heterocycles. The fraction of sp³-hybridized carbons (Fsp3) is 0.500. The Kier molecular flexibility index (Phi) is 5.01. The number of fused-ring (bicyclic) bond motifs is 1. The lowest BCUT2D eigenvalue weighted by Crippen LogP contribution is -2.25. The molecule has 1 saturated carbocycles. The molecule has 0 amide bonds. The smallest absolute Gasteiger partial charge is 0.231 e. The van der Waals surface area contributed by atoms with Gasteiger partial charge in [-0.25, -0.2) is 0 Å². The van der Waals surface area contributed by atoms with Crippen LogP contribution >= 0.6 is 11.8 Å². The summed E-state index contributed by atoms with van der Waals surface area (Å²) in [5, 5.41) is 20.1. The van der Waals surface area contributed by atoms with Crippen molar-refractivity contribution in [2.75, 3.05) is 12.5 Å². The van der Waals surface area contributed by atoms with Crippen molar-refractivity contribution in [3.8, 4) is 11.5 Å². The highest BCUT2D eigenvalue weighted by Crippen LogP contribution is 2.35. The zero-order valence-corrected chi connectivity index (χ0v) is 15.2. The van der Waals surface area contributed by atoms with Crippen molar-refractivity contribution in [1.29, 1.82) is 0 Å². The first-order valence-corrected chi connectivity index (χ1v) is 9.84. The molecular weight excluding hydrogens is 354 g/mol. The SMILES string of the molecule is O=C([O-])CSc1nnc(Cc2ccc3c(c2)OCO3)n1C1CCCCC1. The molecule has 138 valence electrons. The third kappa shape index (κ3) is 3.65. The van der Waals surface area contributed by atoms with Crippen molar-refractivity contribution in [2.45, 2.75) is 49.7 Å². The third-order valence-corrected chi connectivity index (χ3v) is 5.71. The van der Waals surface area contributed by atoms with E-state index in [1.807, 2.05) is 18.2 Å². The van der Waals surface area contributed by atoms with Crippen molar-refractivity contribution < 1.29 is 19.4 Å². The summed E-state index contributed by atoms with van der Waals surface area (Å²) in [6.07, 6.45) is 6.37. The van der Waals surface area contributed by atoms with E-state index in [-0.39, 0.29) is 12.5 Å². The van der Waals surface area contributed by atoms with Gasteiger partial charge in [0.15, 0.2) is 16.7 Å². The maximum Gasteiger partial charge on any atom is 0.231 e. The zero-order chi connectivity index (χ0) is 17.9. The Morgan fingerprint density at radius 1 is 1.19 bits per heavy atom. The Balaban J connectivity index is 1.60. The lowest BCUT2D eigenvalue weighted by molar-refractivity contribution is -0.301. The van der Waals surface area contributed by atoms with Crippen LogP contribution in [0.4, 0.5) is 0 Å². The Morgan fingerprint density at radius 3 is 2.81 bits per heavy atom. The molecule has 0 spiro atoms. The van der Waals surface area contributed by atoms with E-state index in [2.05, 4.69) is 14.8 Å². The number of carboxylic acids is 1. The van der Waals surface area contributed by atoms with Gasteiger partial charge in [0.25, 0.3) is 0 Å². The minimum Gasteiger partial charge on any atom is -0.549 e. The number of hydrogen-bond acceptors (Lipinski definition) is 7. The molecule has 1 aromatic carbocycles. The van der Waals surface area contributed by atoms with E-state index < -0.39 is 5.97 Å². The second-order valence-corrected chi connectivity index (χ2v) is 7.53. The van der Waals surface area contributed by atoms with Crippen LogP contribution < -0.4 is 14.6 Å². The summed E-state index contributed by atoms with van der Waals surface area (Å²) in [6, 6.07) is 6.20. The van der Waals surface area contributed by atoms with Gasteiger partial charge in [0.1, 0.15) is 5.82 Å². The summed E-state index contributed by atoms with van der Waals surface area (Å²) in [6.45, 7) is 0.251. The number of thioether (sulfide) groups is 1. The number of hydrogen-bond donors (Lipinski definition) is 0. The molecule has 7 nitrogen and oxygen atoms in total. The van der Waals surface area contributed by atoms with Gasteiger partial charge in [-0.2, -0.15) is 0 Å². The second-order valence-electron chi connectivity index (χ2n) is 6.59. The van der Waals surface area contributed by atoms with Crippen LogP contribution in [0.3, 0.4) is 0 Å². The minimum absolute atomic E-state index is 0.116. The van der Waals surface area contributed by atoms with Gasteiger partial charge in [-0.1, -0.05) is 37.1 Å². The number of carbonyl (C=O) groups excluding carboxylic acids is 1. The van der Waals surface area contributed by atoms with Gasteiger partial charge in [-0.3, -0.25) is 0 Å². The maximum atomic E-state index is 10.9. The number of carboxylic acid groups (broad SMARTS) is 1. The molecule has 1 aliphatic carbocycles. The Labute approximate surface area is 155 Å². The first-order valence-electron chi connectivity index (χ1n) is 8.85. The topological polar surface area (TPSA) is 89.3 Å². The zero-order valence-electron chi connectivity index (χ0n) is 14.3. The molecule has 2 aromatic rings. The lowest BCUT2D eigenvalue weighted by atomic mass is 9.95. The Hall–Kier alpha value is -2.22. The van der Waals surface area contributed by atoms with Crippen LogP contribution in [-0.2, 0) is 11.2 Å². The monoisotopic (exact) mass is 374 g/mol. The molecule has 0 unspecified atom stereocenters. The predicted octanol–water partition coefficient (Wildman–Crippen LogP) is 1.94. The molecule has 4 rings (SSSR count). The predicted molar refractivity (Wildman–Crippen MR) is 93.2 cm³/mol. The van der Waals surface area contributed by atoms with Crippen LogP contribution in [0, 0.1) is 0 Å². The van der Waals surface area contributed by atoms with E-state index in [0.717, 1.165) is 35.7 Å². The molecule has 1 fully saturated rings. The minimum atomic E-state index is -1.09. The van der Waals surface area contributed by atoms with E-state index in [1.54, 1.807) is 0 Å². The van der Waals surface area contributed by atoms with Crippen molar-refractivity contribution in [1.82, 2.24) is 14.8 Å². The summed E-state index contributed by atoms with van der Waals surface area (Å²) in [4.78, 5) is 10.9. The maximum absolute atomic E-state index is 10.9. The van der Waals surface area contributed by atoms with Gasteiger partial charge in [-0.15, -0.1) is 10.2 Å². The molecule has 8 heteroatoms. The van der Waals surface area contributed by atoms with Crippen LogP contribution in [0.25, 0.3) is 0 Å². The largest absolute Gasteiger partial charge is 0.549 e. The number of aliphatic carboxylic acids is 1. The van der Waals surface area contributed by atoms with Gasteiger partial charge >= 0.3 is 0 Å². The number of rotatable bonds is 6. The molecule has 2 heterocycles. The van der Waals surface area contributed by atoms with E-state index in [9.17, 15) is 9.90 Å². The first kappa shape index (κ1) is 17.2. The number of aromatic nitrogens is 3. The number of nitrogens with zero attached hydrogens (tertiary/aromatic N) is 3. The molecule has 0 atom stereocenters. The molecule has 0 radical (unpaired) electrons. The van der Waals surface area contributed by atoms with Gasteiger partial charge < -0.3 is 23.9 Å². The summed E-state index contributed by atoms with van der Waals surface area (Å²) in [5.74, 6) is 1.15. The van der Waals surface area contributed by atoms with Crippen molar-refractivity contribution in [2.24, 2.45) is 0 Å². The van der Waals surface area contributed by atoms with Gasteiger partial charge in [0, 0.05) is 18.2 Å². The van der Waals surface area contributed by atoms with Crippen LogP contribution in [0.2, 0.25) is 0 Å². The molecule has 2 aliphatic rings. The van der Waals surface area contributed by atoms with Crippen LogP contribution in [0.15, 0.2) is 23.4 Å². The number of carbonyl (C=O) groups is 1. The fourth-order valence-electron chi connectivity index (χ4n) is 3.59. The van der Waals surface area contributed by atoms with Gasteiger partial charge in [0.2, 0.25) is 6.79 Å². The lowest BCUT2D eigenvalue weighted by Gasteiger charge is -2.25.